The van der Waals surface area contributed by atoms with Crippen LogP contribution >= 0.6 is 0 Å². The zero-order chi connectivity index (χ0) is 14.3. The summed E-state index contributed by atoms with van der Waals surface area (Å²) in [5.74, 6) is 0.728. The minimum Gasteiger partial charge on any atom is -0.494 e. The molecule has 1 aromatic carbocycles. The summed E-state index contributed by atoms with van der Waals surface area (Å²) in [6.07, 6.45) is 0.964. The fraction of sp³-hybridized carbons (Fsp3) is 0.533. The third kappa shape index (κ3) is 6.82. The van der Waals surface area contributed by atoms with Crippen LogP contribution in [0.2, 0.25) is 0 Å². The predicted molar refractivity (Wildman–Crippen MR) is 78.6 cm³/mol. The molecule has 0 radical (unpaired) electrons. The van der Waals surface area contributed by atoms with Crippen molar-refractivity contribution < 1.29 is 9.53 Å². The molecule has 0 aliphatic rings. The molecule has 4 heteroatoms. The quantitative estimate of drug-likeness (QED) is 0.830. The van der Waals surface area contributed by atoms with Gasteiger partial charge in [0.05, 0.1) is 13.2 Å². The number of carbonyl (C=O) groups excluding carboxylic acids is 1. The second kappa shape index (κ2) is 7.14. The summed E-state index contributed by atoms with van der Waals surface area (Å²) in [6, 6.07) is 7.45. The van der Waals surface area contributed by atoms with E-state index in [9.17, 15) is 4.79 Å². The molecule has 0 spiro atoms. The van der Waals surface area contributed by atoms with E-state index < -0.39 is 0 Å². The van der Waals surface area contributed by atoms with E-state index in [1.807, 2.05) is 45.0 Å². The van der Waals surface area contributed by atoms with E-state index in [1.165, 1.54) is 0 Å². The Morgan fingerprint density at radius 3 is 2.68 bits per heavy atom. The van der Waals surface area contributed by atoms with Crippen LogP contribution in [0.1, 0.15) is 34.1 Å². The molecular formula is C15H24N2O2. The Balaban J connectivity index is 2.49. The molecule has 4 nitrogen and oxygen atoms in total. The Hall–Kier alpha value is -1.55. The van der Waals surface area contributed by atoms with Gasteiger partial charge in [-0.05, 0) is 39.3 Å². The highest BCUT2D eigenvalue weighted by atomic mass is 16.5. The fourth-order valence-electron chi connectivity index (χ4n) is 1.43. The lowest BCUT2D eigenvalue weighted by Crippen LogP contribution is -2.41. The second-order valence-electron chi connectivity index (χ2n) is 5.53. The van der Waals surface area contributed by atoms with E-state index in [0.29, 0.717) is 13.2 Å². The van der Waals surface area contributed by atoms with Crippen LogP contribution in [0, 0.1) is 0 Å². The summed E-state index contributed by atoms with van der Waals surface area (Å²) in [6.45, 7) is 9.12. The highest BCUT2D eigenvalue weighted by Crippen LogP contribution is 2.17. The number of carbonyl (C=O) groups is 1. The molecule has 106 valence electrons. The third-order valence-electron chi connectivity index (χ3n) is 2.37. The van der Waals surface area contributed by atoms with Gasteiger partial charge in [-0.1, -0.05) is 13.0 Å². The van der Waals surface area contributed by atoms with Crippen LogP contribution < -0.4 is 15.4 Å². The monoisotopic (exact) mass is 264 g/mol. The highest BCUT2D eigenvalue weighted by molar-refractivity contribution is 5.92. The SMILES string of the molecule is CCCOc1cccc(NC(=O)CNC(C)(C)C)c1. The highest BCUT2D eigenvalue weighted by Gasteiger charge is 2.11. The normalized spacial score (nSPS) is 11.2. The van der Waals surface area contributed by atoms with Gasteiger partial charge in [-0.25, -0.2) is 0 Å². The molecule has 0 fully saturated rings. The van der Waals surface area contributed by atoms with Crippen LogP contribution in [0.25, 0.3) is 0 Å². The number of amides is 1. The van der Waals surface area contributed by atoms with Crippen LogP contribution in [-0.2, 0) is 4.79 Å². The van der Waals surface area contributed by atoms with Crippen LogP contribution in [0.3, 0.4) is 0 Å². The Bertz CT molecular complexity index is 411. The average molecular weight is 264 g/mol. The molecule has 0 aromatic heterocycles. The maximum atomic E-state index is 11.8. The van der Waals surface area contributed by atoms with Crippen LogP contribution in [0.15, 0.2) is 24.3 Å². The lowest BCUT2D eigenvalue weighted by Gasteiger charge is -2.20. The van der Waals surface area contributed by atoms with Crippen LogP contribution in [0.5, 0.6) is 5.75 Å². The summed E-state index contributed by atoms with van der Waals surface area (Å²) in [7, 11) is 0. The Labute approximate surface area is 115 Å². The molecule has 0 heterocycles. The zero-order valence-corrected chi connectivity index (χ0v) is 12.2. The number of ether oxygens (including phenoxy) is 1. The average Bonchev–Trinajstić information content (AvgIpc) is 2.33. The first kappa shape index (κ1) is 15.5. The van der Waals surface area contributed by atoms with Crippen molar-refractivity contribution in [2.75, 3.05) is 18.5 Å². The molecule has 1 aromatic rings. The molecule has 19 heavy (non-hydrogen) atoms. The van der Waals surface area contributed by atoms with E-state index >= 15 is 0 Å². The first-order valence-corrected chi connectivity index (χ1v) is 6.68. The van der Waals surface area contributed by atoms with Gasteiger partial charge in [0.25, 0.3) is 0 Å². The lowest BCUT2D eigenvalue weighted by atomic mass is 10.1. The molecule has 0 saturated heterocycles. The number of benzene rings is 1. The van der Waals surface area contributed by atoms with E-state index in [4.69, 9.17) is 4.74 Å². The number of hydrogen-bond acceptors (Lipinski definition) is 3. The summed E-state index contributed by atoms with van der Waals surface area (Å²) >= 11 is 0. The Morgan fingerprint density at radius 2 is 2.05 bits per heavy atom. The molecule has 0 aliphatic heterocycles. The van der Waals surface area contributed by atoms with Gasteiger partial charge in [0.15, 0.2) is 0 Å². The van der Waals surface area contributed by atoms with Gasteiger partial charge in [0.2, 0.25) is 5.91 Å². The molecule has 2 N–H and O–H groups in total. The predicted octanol–water partition coefficient (Wildman–Crippen LogP) is 2.80. The maximum Gasteiger partial charge on any atom is 0.238 e. The second-order valence-corrected chi connectivity index (χ2v) is 5.53. The first-order valence-electron chi connectivity index (χ1n) is 6.68. The van der Waals surface area contributed by atoms with Crippen molar-refractivity contribution in [3.05, 3.63) is 24.3 Å². The largest absolute Gasteiger partial charge is 0.494 e. The van der Waals surface area contributed by atoms with Crippen LogP contribution in [-0.4, -0.2) is 24.6 Å². The van der Waals surface area contributed by atoms with Crippen molar-refractivity contribution in [3.63, 3.8) is 0 Å². The third-order valence-corrected chi connectivity index (χ3v) is 2.37. The molecule has 0 bridgehead atoms. The van der Waals surface area contributed by atoms with Gasteiger partial charge in [-0.3, -0.25) is 4.79 Å². The van der Waals surface area contributed by atoms with Gasteiger partial charge in [0.1, 0.15) is 5.75 Å². The summed E-state index contributed by atoms with van der Waals surface area (Å²) in [5, 5.41) is 6.00. The van der Waals surface area contributed by atoms with E-state index in [1.54, 1.807) is 0 Å². The molecule has 0 aliphatic carbocycles. The summed E-state index contributed by atoms with van der Waals surface area (Å²) < 4.78 is 5.52. The minimum atomic E-state index is -0.0660. The van der Waals surface area contributed by atoms with E-state index in [-0.39, 0.29) is 11.4 Å². The number of nitrogens with one attached hydrogen (secondary N) is 2. The van der Waals surface area contributed by atoms with Crippen LogP contribution in [0.4, 0.5) is 5.69 Å². The Morgan fingerprint density at radius 1 is 1.32 bits per heavy atom. The number of anilines is 1. The van der Waals surface area contributed by atoms with Crippen molar-refractivity contribution in [2.45, 2.75) is 39.7 Å². The molecule has 0 atom stereocenters. The van der Waals surface area contributed by atoms with E-state index in [2.05, 4.69) is 17.6 Å². The first-order chi connectivity index (χ1) is 8.90. The molecule has 0 saturated carbocycles. The maximum absolute atomic E-state index is 11.8. The molecular weight excluding hydrogens is 240 g/mol. The minimum absolute atomic E-state index is 0.0532. The van der Waals surface area contributed by atoms with Gasteiger partial charge < -0.3 is 15.4 Å². The van der Waals surface area contributed by atoms with Gasteiger partial charge in [0, 0.05) is 17.3 Å². The van der Waals surface area contributed by atoms with Crippen molar-refractivity contribution in [1.82, 2.24) is 5.32 Å². The van der Waals surface area contributed by atoms with Crippen molar-refractivity contribution in [3.8, 4) is 5.75 Å². The van der Waals surface area contributed by atoms with E-state index in [0.717, 1.165) is 17.9 Å². The van der Waals surface area contributed by atoms with Crippen molar-refractivity contribution >= 4 is 11.6 Å². The van der Waals surface area contributed by atoms with Gasteiger partial charge in [-0.15, -0.1) is 0 Å². The summed E-state index contributed by atoms with van der Waals surface area (Å²) in [5.41, 5.74) is 0.693. The standard InChI is InChI=1S/C15H24N2O2/c1-5-9-19-13-8-6-7-12(10-13)17-14(18)11-16-15(2,3)4/h6-8,10,16H,5,9,11H2,1-4H3,(H,17,18). The smallest absolute Gasteiger partial charge is 0.238 e. The lowest BCUT2D eigenvalue weighted by molar-refractivity contribution is -0.115. The number of hydrogen-bond donors (Lipinski definition) is 2. The van der Waals surface area contributed by atoms with Crippen molar-refractivity contribution in [2.24, 2.45) is 0 Å². The van der Waals surface area contributed by atoms with Gasteiger partial charge in [-0.2, -0.15) is 0 Å². The topological polar surface area (TPSA) is 50.4 Å². The molecule has 1 rings (SSSR count). The summed E-state index contributed by atoms with van der Waals surface area (Å²) in [4.78, 5) is 11.8. The zero-order valence-electron chi connectivity index (χ0n) is 12.2. The van der Waals surface area contributed by atoms with Gasteiger partial charge >= 0.3 is 0 Å². The van der Waals surface area contributed by atoms with Crippen molar-refractivity contribution in [1.29, 1.82) is 0 Å². The molecule has 1 amide bonds. The Kier molecular flexibility index (Phi) is 5.83. The fourth-order valence-corrected chi connectivity index (χ4v) is 1.43. The number of rotatable bonds is 6. The molecule has 0 unspecified atom stereocenters.